The Balaban J connectivity index is 3.11. The smallest absolute Gasteiger partial charge is 0.0894 e. The summed E-state index contributed by atoms with van der Waals surface area (Å²) in [6.45, 7) is 2.12. The van der Waals surface area contributed by atoms with Gasteiger partial charge in [-0.1, -0.05) is 160 Å². The molecule has 0 aliphatic rings. The lowest BCUT2D eigenvalue weighted by Crippen LogP contribution is -2.36. The number of aliphatic hydroxyl groups is 2. The van der Waals surface area contributed by atoms with Crippen LogP contribution < -0.4 is 5.73 Å². The van der Waals surface area contributed by atoms with Crippen molar-refractivity contribution in [3.05, 3.63) is 12.2 Å². The first kappa shape index (κ1) is 32.6. The van der Waals surface area contributed by atoms with Crippen molar-refractivity contribution in [2.24, 2.45) is 5.73 Å². The van der Waals surface area contributed by atoms with E-state index in [2.05, 4.69) is 6.92 Å². The summed E-state index contributed by atoms with van der Waals surface area (Å²) in [5, 5.41) is 18.5. The van der Waals surface area contributed by atoms with Crippen molar-refractivity contribution in [3.63, 3.8) is 0 Å². The molecular weight excluding hydrogens is 406 g/mol. The predicted molar refractivity (Wildman–Crippen MR) is 147 cm³/mol. The molecule has 0 unspecified atom stereocenters. The molecule has 0 aliphatic heterocycles. The summed E-state index contributed by atoms with van der Waals surface area (Å²) in [5.74, 6) is 0. The standard InChI is InChI=1S/C30H61NO2/c1-2-3-4-5-6-7-8-9-10-11-12-13-14-15-16-17-18-19-20-21-22-23-24-25-26-27-30(33)29(31)28-32/h26-27,29-30,32-33H,2-25,28,31H2,1H3/b27-26+/t29-,30+/m0/s1. The molecule has 0 rings (SSSR count). The van der Waals surface area contributed by atoms with Crippen LogP contribution in [0.2, 0.25) is 0 Å². The first-order valence-electron chi connectivity index (χ1n) is 14.9. The number of rotatable bonds is 27. The van der Waals surface area contributed by atoms with Gasteiger partial charge >= 0.3 is 0 Å². The van der Waals surface area contributed by atoms with Gasteiger partial charge in [-0.15, -0.1) is 0 Å². The van der Waals surface area contributed by atoms with Crippen LogP contribution >= 0.6 is 0 Å². The van der Waals surface area contributed by atoms with Crippen LogP contribution in [0.25, 0.3) is 0 Å². The summed E-state index contributed by atoms with van der Waals surface area (Å²) in [7, 11) is 0. The topological polar surface area (TPSA) is 66.5 Å². The zero-order valence-corrected chi connectivity index (χ0v) is 22.5. The number of hydrogen-bond acceptors (Lipinski definition) is 3. The van der Waals surface area contributed by atoms with E-state index < -0.39 is 12.1 Å². The molecule has 0 aromatic heterocycles. The van der Waals surface area contributed by atoms with Gasteiger partial charge in [0.2, 0.25) is 0 Å². The molecule has 0 fully saturated rings. The number of unbranched alkanes of at least 4 members (excludes halogenated alkanes) is 23. The van der Waals surface area contributed by atoms with E-state index in [0.717, 1.165) is 6.42 Å². The van der Waals surface area contributed by atoms with E-state index in [1.54, 1.807) is 6.08 Å². The van der Waals surface area contributed by atoms with Gasteiger partial charge < -0.3 is 15.9 Å². The minimum absolute atomic E-state index is 0.176. The van der Waals surface area contributed by atoms with Gasteiger partial charge in [0.05, 0.1) is 18.8 Å². The zero-order chi connectivity index (χ0) is 24.2. The number of nitrogens with two attached hydrogens (primary N) is 1. The molecule has 0 spiro atoms. The van der Waals surface area contributed by atoms with E-state index in [-0.39, 0.29) is 6.61 Å². The van der Waals surface area contributed by atoms with Crippen molar-refractivity contribution in [3.8, 4) is 0 Å². The number of aliphatic hydroxyl groups excluding tert-OH is 2. The van der Waals surface area contributed by atoms with Gasteiger partial charge in [0.1, 0.15) is 0 Å². The van der Waals surface area contributed by atoms with Gasteiger partial charge in [0.25, 0.3) is 0 Å². The maximum Gasteiger partial charge on any atom is 0.0894 e. The van der Waals surface area contributed by atoms with Crippen molar-refractivity contribution in [2.45, 2.75) is 173 Å². The molecule has 0 amide bonds. The van der Waals surface area contributed by atoms with Crippen LogP contribution in [0.5, 0.6) is 0 Å². The highest BCUT2D eigenvalue weighted by molar-refractivity contribution is 4.93. The highest BCUT2D eigenvalue weighted by Gasteiger charge is 2.08. The Bertz CT molecular complexity index is 385. The third-order valence-electron chi connectivity index (χ3n) is 6.96. The van der Waals surface area contributed by atoms with Gasteiger partial charge in [0.15, 0.2) is 0 Å². The van der Waals surface area contributed by atoms with Gasteiger partial charge in [-0.05, 0) is 12.8 Å². The van der Waals surface area contributed by atoms with Crippen molar-refractivity contribution >= 4 is 0 Å². The van der Waals surface area contributed by atoms with Crippen LogP contribution in [-0.2, 0) is 0 Å². The van der Waals surface area contributed by atoms with Crippen LogP contribution in [-0.4, -0.2) is 29.0 Å². The van der Waals surface area contributed by atoms with E-state index in [4.69, 9.17) is 10.8 Å². The summed E-state index contributed by atoms with van der Waals surface area (Å²) in [5.41, 5.74) is 5.57. The second-order valence-electron chi connectivity index (χ2n) is 10.3. The molecule has 0 aromatic carbocycles. The van der Waals surface area contributed by atoms with E-state index >= 15 is 0 Å². The highest BCUT2D eigenvalue weighted by Crippen LogP contribution is 2.15. The molecule has 3 heteroatoms. The second-order valence-corrected chi connectivity index (χ2v) is 10.3. The summed E-state index contributed by atoms with van der Waals surface area (Å²) < 4.78 is 0. The van der Waals surface area contributed by atoms with Crippen molar-refractivity contribution in [2.75, 3.05) is 6.61 Å². The second kappa shape index (κ2) is 27.9. The van der Waals surface area contributed by atoms with Gasteiger partial charge in [-0.3, -0.25) is 0 Å². The highest BCUT2D eigenvalue weighted by atomic mass is 16.3. The average Bonchev–Trinajstić information content (AvgIpc) is 2.83. The molecule has 0 saturated heterocycles. The Hall–Kier alpha value is -0.380. The Morgan fingerprint density at radius 3 is 1.15 bits per heavy atom. The Morgan fingerprint density at radius 2 is 0.848 bits per heavy atom. The quantitative estimate of drug-likeness (QED) is 0.0836. The number of hydrogen-bond donors (Lipinski definition) is 3. The van der Waals surface area contributed by atoms with Crippen LogP contribution in [0, 0.1) is 0 Å². The molecule has 198 valence electrons. The van der Waals surface area contributed by atoms with E-state index in [9.17, 15) is 5.11 Å². The Kier molecular flexibility index (Phi) is 27.5. The van der Waals surface area contributed by atoms with Gasteiger partial charge in [0, 0.05) is 0 Å². The fraction of sp³-hybridized carbons (Fsp3) is 0.933. The van der Waals surface area contributed by atoms with E-state index in [0.29, 0.717) is 0 Å². The molecule has 0 aromatic rings. The summed E-state index contributed by atoms with van der Waals surface area (Å²) >= 11 is 0. The lowest BCUT2D eigenvalue weighted by molar-refractivity contribution is 0.144. The van der Waals surface area contributed by atoms with Crippen molar-refractivity contribution in [1.82, 2.24) is 0 Å². The minimum Gasteiger partial charge on any atom is -0.395 e. The lowest BCUT2D eigenvalue weighted by atomic mass is 10.0. The summed E-state index contributed by atoms with van der Waals surface area (Å²) in [6, 6.07) is -0.560. The normalized spacial score (nSPS) is 13.7. The molecule has 0 heterocycles. The van der Waals surface area contributed by atoms with Gasteiger partial charge in [-0.25, -0.2) is 0 Å². The molecule has 33 heavy (non-hydrogen) atoms. The lowest BCUT2D eigenvalue weighted by Gasteiger charge is -2.11. The minimum atomic E-state index is -0.723. The van der Waals surface area contributed by atoms with Crippen LogP contribution in [0.4, 0.5) is 0 Å². The number of allylic oxidation sites excluding steroid dienone is 1. The van der Waals surface area contributed by atoms with Crippen LogP contribution in [0.1, 0.15) is 161 Å². The van der Waals surface area contributed by atoms with Crippen molar-refractivity contribution in [1.29, 1.82) is 0 Å². The van der Waals surface area contributed by atoms with Crippen LogP contribution in [0.3, 0.4) is 0 Å². The predicted octanol–water partition coefficient (Wildman–Crippen LogP) is 8.61. The van der Waals surface area contributed by atoms with Gasteiger partial charge in [-0.2, -0.15) is 0 Å². The Labute approximate surface area is 208 Å². The monoisotopic (exact) mass is 467 g/mol. The largest absolute Gasteiger partial charge is 0.395 e. The molecule has 2 atom stereocenters. The summed E-state index contributed by atoms with van der Waals surface area (Å²) in [4.78, 5) is 0. The van der Waals surface area contributed by atoms with E-state index in [1.165, 1.54) is 148 Å². The molecule has 3 nitrogen and oxygen atoms in total. The SMILES string of the molecule is CCCCCCCCCCCCCCCCCCCCCCCCC/C=C/[C@@H](O)[C@@H](N)CO. The maximum absolute atomic E-state index is 9.63. The molecular formula is C30H61NO2. The first-order valence-corrected chi connectivity index (χ1v) is 14.9. The average molecular weight is 468 g/mol. The Morgan fingerprint density at radius 1 is 0.545 bits per heavy atom. The summed E-state index contributed by atoms with van der Waals surface area (Å²) in [6.07, 6.45) is 36.5. The molecule has 0 aliphatic carbocycles. The molecule has 0 saturated carbocycles. The third-order valence-corrected chi connectivity index (χ3v) is 6.96. The molecule has 0 bridgehead atoms. The van der Waals surface area contributed by atoms with E-state index in [1.807, 2.05) is 6.08 Å². The fourth-order valence-corrected chi connectivity index (χ4v) is 4.53. The first-order chi connectivity index (χ1) is 16.2. The zero-order valence-electron chi connectivity index (χ0n) is 22.5. The maximum atomic E-state index is 9.63. The fourth-order valence-electron chi connectivity index (χ4n) is 4.53. The third kappa shape index (κ3) is 26.1. The molecule has 4 N–H and O–H groups in total. The molecule has 0 radical (unpaired) electrons. The van der Waals surface area contributed by atoms with Crippen LogP contribution in [0.15, 0.2) is 12.2 Å². The van der Waals surface area contributed by atoms with Crippen molar-refractivity contribution < 1.29 is 10.2 Å².